The van der Waals surface area contributed by atoms with Crippen molar-refractivity contribution in [2.24, 2.45) is 7.05 Å². The van der Waals surface area contributed by atoms with Gasteiger partial charge in [-0.1, -0.05) is 12.1 Å². The lowest BCUT2D eigenvalue weighted by atomic mass is 10.1. The van der Waals surface area contributed by atoms with Crippen LogP contribution in [-0.4, -0.2) is 59.6 Å². The van der Waals surface area contributed by atoms with Gasteiger partial charge in [-0.05, 0) is 24.3 Å². The van der Waals surface area contributed by atoms with Crippen LogP contribution in [0.4, 0.5) is 24.8 Å². The monoisotopic (exact) mass is 576 g/mol. The van der Waals surface area contributed by atoms with Crippen LogP contribution in [0.1, 0.15) is 33.4 Å². The molecule has 1 fully saturated rings. The van der Waals surface area contributed by atoms with E-state index in [1.807, 2.05) is 30.0 Å². The molecule has 4 N–H and O–H groups in total. The van der Waals surface area contributed by atoms with Crippen molar-refractivity contribution in [1.82, 2.24) is 39.3 Å². The fourth-order valence-corrected chi connectivity index (χ4v) is 5.12. The molecule has 0 bridgehead atoms. The molecule has 0 saturated carbocycles. The van der Waals surface area contributed by atoms with Gasteiger partial charge in [-0.25, -0.2) is 15.0 Å². The Labute approximate surface area is 238 Å². The van der Waals surface area contributed by atoms with E-state index >= 15 is 0 Å². The third-order valence-electron chi connectivity index (χ3n) is 7.10. The lowest BCUT2D eigenvalue weighted by Crippen LogP contribution is -2.45. The molecule has 1 aliphatic rings. The van der Waals surface area contributed by atoms with Gasteiger partial charge in [-0.15, -0.1) is 0 Å². The number of hydrogen-bond acceptors (Lipinski definition) is 8. The van der Waals surface area contributed by atoms with Gasteiger partial charge in [0.2, 0.25) is 0 Å². The SMILES string of the molecule is Cn1cc(CN2CCN[C@@H](c3nc(-c4ccc(C(=O)Nc5cc(C(F)(F)F)ccn5)cc4)c4c(N)nccn34)C2)cn1. The Morgan fingerprint density at radius 2 is 1.98 bits per heavy atom. The Morgan fingerprint density at radius 1 is 1.17 bits per heavy atom. The number of amides is 1. The molecular formula is C28H27F3N10O. The fourth-order valence-electron chi connectivity index (χ4n) is 5.12. The molecule has 216 valence electrons. The van der Waals surface area contributed by atoms with E-state index in [2.05, 4.69) is 30.6 Å². The van der Waals surface area contributed by atoms with Crippen LogP contribution in [0.5, 0.6) is 0 Å². The fraction of sp³-hybridized carbons (Fsp3) is 0.250. The zero-order valence-electron chi connectivity index (χ0n) is 22.5. The number of rotatable bonds is 6. The Hall–Kier alpha value is -4.82. The average molecular weight is 577 g/mol. The molecule has 5 aromatic rings. The average Bonchev–Trinajstić information content (AvgIpc) is 3.57. The number of carbonyl (C=O) groups excluding carboxylic acids is 1. The zero-order valence-corrected chi connectivity index (χ0v) is 22.5. The number of carbonyl (C=O) groups is 1. The van der Waals surface area contributed by atoms with E-state index in [-0.39, 0.29) is 17.4 Å². The molecule has 42 heavy (non-hydrogen) atoms. The maximum Gasteiger partial charge on any atom is 0.416 e. The van der Waals surface area contributed by atoms with Gasteiger partial charge in [-0.2, -0.15) is 18.3 Å². The highest BCUT2D eigenvalue weighted by Crippen LogP contribution is 2.32. The number of imidazole rings is 1. The number of nitrogen functional groups attached to an aromatic ring is 1. The smallest absolute Gasteiger partial charge is 0.382 e. The first kappa shape index (κ1) is 27.4. The lowest BCUT2D eigenvalue weighted by Gasteiger charge is -2.32. The number of hydrogen-bond donors (Lipinski definition) is 3. The lowest BCUT2D eigenvalue weighted by molar-refractivity contribution is -0.137. The molecule has 1 aromatic carbocycles. The Kier molecular flexibility index (Phi) is 7.08. The van der Waals surface area contributed by atoms with Gasteiger partial charge in [0.15, 0.2) is 0 Å². The summed E-state index contributed by atoms with van der Waals surface area (Å²) < 4.78 is 42.8. The normalized spacial score (nSPS) is 16.1. The highest BCUT2D eigenvalue weighted by atomic mass is 19.4. The van der Waals surface area contributed by atoms with Crippen molar-refractivity contribution in [3.05, 3.63) is 89.9 Å². The molecule has 1 amide bonds. The van der Waals surface area contributed by atoms with E-state index < -0.39 is 17.6 Å². The number of nitrogens with zero attached hydrogens (tertiary/aromatic N) is 7. The van der Waals surface area contributed by atoms with Gasteiger partial charge >= 0.3 is 6.18 Å². The quantitative estimate of drug-likeness (QED) is 0.280. The minimum absolute atomic E-state index is 0.0801. The van der Waals surface area contributed by atoms with Gasteiger partial charge in [0, 0.05) is 74.7 Å². The third-order valence-corrected chi connectivity index (χ3v) is 7.10. The van der Waals surface area contributed by atoms with Crippen LogP contribution in [0.25, 0.3) is 16.8 Å². The van der Waals surface area contributed by atoms with E-state index in [1.54, 1.807) is 35.1 Å². The van der Waals surface area contributed by atoms with Gasteiger partial charge in [0.1, 0.15) is 28.7 Å². The second-order valence-corrected chi connectivity index (χ2v) is 10.1. The molecule has 11 nitrogen and oxygen atoms in total. The summed E-state index contributed by atoms with van der Waals surface area (Å²) >= 11 is 0. The number of nitrogens with two attached hydrogens (primary N) is 1. The summed E-state index contributed by atoms with van der Waals surface area (Å²) in [6.45, 7) is 3.15. The summed E-state index contributed by atoms with van der Waals surface area (Å²) in [6, 6.07) is 8.14. The van der Waals surface area contributed by atoms with E-state index in [9.17, 15) is 18.0 Å². The number of anilines is 2. The van der Waals surface area contributed by atoms with E-state index in [0.29, 0.717) is 22.6 Å². The maximum atomic E-state index is 13.0. The predicted octanol–water partition coefficient (Wildman–Crippen LogP) is 3.52. The molecule has 0 unspecified atom stereocenters. The van der Waals surface area contributed by atoms with E-state index in [0.717, 1.165) is 55.9 Å². The number of fused-ring (bicyclic) bond motifs is 1. The number of alkyl halides is 3. The van der Waals surface area contributed by atoms with Crippen LogP contribution in [0.15, 0.2) is 67.4 Å². The molecule has 5 heterocycles. The van der Waals surface area contributed by atoms with Crippen molar-refractivity contribution in [1.29, 1.82) is 0 Å². The third kappa shape index (κ3) is 5.53. The Balaban J connectivity index is 1.25. The van der Waals surface area contributed by atoms with E-state index in [1.165, 1.54) is 0 Å². The summed E-state index contributed by atoms with van der Waals surface area (Å²) in [5.41, 5.74) is 8.74. The molecule has 1 atom stereocenters. The molecule has 0 radical (unpaired) electrons. The first-order valence-corrected chi connectivity index (χ1v) is 13.2. The minimum Gasteiger partial charge on any atom is -0.382 e. The van der Waals surface area contributed by atoms with Crippen LogP contribution in [0, 0.1) is 0 Å². The van der Waals surface area contributed by atoms with Crippen molar-refractivity contribution in [2.75, 3.05) is 30.7 Å². The second kappa shape index (κ2) is 10.9. The largest absolute Gasteiger partial charge is 0.416 e. The molecule has 0 spiro atoms. The topological polar surface area (TPSA) is 131 Å². The standard InChI is InChI=1S/C28H27F3N10O/c1-39-14-17(13-36-39)15-40-10-8-33-21(16-40)26-38-23(24-25(32)35-9-11-41(24)26)18-2-4-19(5-3-18)27(42)37-22-12-20(6-7-34-22)28(29,30)31/h2-7,9,11-14,21,33H,8,10,15-16H2,1H3,(H2,32,35)(H,34,37,42)/t21-/m1/s1. The second-order valence-electron chi connectivity index (χ2n) is 10.1. The molecule has 1 aliphatic heterocycles. The van der Waals surface area contributed by atoms with Gasteiger partial charge in [-0.3, -0.25) is 18.8 Å². The molecule has 6 rings (SSSR count). The first-order valence-electron chi connectivity index (χ1n) is 13.2. The van der Waals surface area contributed by atoms with Gasteiger partial charge in [0.25, 0.3) is 5.91 Å². The van der Waals surface area contributed by atoms with Crippen LogP contribution < -0.4 is 16.4 Å². The molecule has 1 saturated heterocycles. The number of nitrogens with one attached hydrogen (secondary N) is 2. The molecule has 14 heteroatoms. The number of piperazine rings is 1. The van der Waals surface area contributed by atoms with Gasteiger partial charge < -0.3 is 16.4 Å². The summed E-state index contributed by atoms with van der Waals surface area (Å²) in [4.78, 5) is 28.2. The van der Waals surface area contributed by atoms with Crippen molar-refractivity contribution < 1.29 is 18.0 Å². The van der Waals surface area contributed by atoms with Crippen molar-refractivity contribution >= 4 is 23.1 Å². The summed E-state index contributed by atoms with van der Waals surface area (Å²) in [5.74, 6) is 0.305. The van der Waals surface area contributed by atoms with Crippen molar-refractivity contribution in [3.8, 4) is 11.3 Å². The molecular weight excluding hydrogens is 549 g/mol. The van der Waals surface area contributed by atoms with Crippen LogP contribution in [0.3, 0.4) is 0 Å². The summed E-state index contributed by atoms with van der Waals surface area (Å²) in [5, 5.41) is 10.2. The summed E-state index contributed by atoms with van der Waals surface area (Å²) in [6.07, 6.45) is 3.78. The highest BCUT2D eigenvalue weighted by molar-refractivity contribution is 6.04. The minimum atomic E-state index is -4.54. The predicted molar refractivity (Wildman–Crippen MR) is 149 cm³/mol. The molecule has 0 aliphatic carbocycles. The zero-order chi connectivity index (χ0) is 29.4. The highest BCUT2D eigenvalue weighted by Gasteiger charge is 2.31. The number of halogens is 3. The summed E-state index contributed by atoms with van der Waals surface area (Å²) in [7, 11) is 1.90. The van der Waals surface area contributed by atoms with Gasteiger partial charge in [0.05, 0.1) is 17.8 Å². The maximum absolute atomic E-state index is 13.0. The van der Waals surface area contributed by atoms with Crippen LogP contribution >= 0.6 is 0 Å². The van der Waals surface area contributed by atoms with Crippen molar-refractivity contribution in [2.45, 2.75) is 18.8 Å². The van der Waals surface area contributed by atoms with E-state index in [4.69, 9.17) is 10.7 Å². The number of aryl methyl sites for hydroxylation is 1. The Morgan fingerprint density at radius 3 is 2.71 bits per heavy atom. The van der Waals surface area contributed by atoms with Crippen LogP contribution in [-0.2, 0) is 19.8 Å². The first-order chi connectivity index (χ1) is 20.2. The van der Waals surface area contributed by atoms with Crippen molar-refractivity contribution in [3.63, 3.8) is 0 Å². The number of pyridine rings is 1. The number of aromatic nitrogens is 6. The molecule has 4 aromatic heterocycles. The Bertz CT molecular complexity index is 1750. The van der Waals surface area contributed by atoms with Crippen LogP contribution in [0.2, 0.25) is 0 Å². The number of benzene rings is 1.